The van der Waals surface area contributed by atoms with Crippen LogP contribution in [-0.4, -0.2) is 36.4 Å². The summed E-state index contributed by atoms with van der Waals surface area (Å²) in [5.74, 6) is 0. The summed E-state index contributed by atoms with van der Waals surface area (Å²) >= 11 is 0. The van der Waals surface area contributed by atoms with E-state index < -0.39 is 0 Å². The molecule has 0 aromatic heterocycles. The van der Waals surface area contributed by atoms with E-state index in [0.717, 1.165) is 19.6 Å². The van der Waals surface area contributed by atoms with E-state index in [9.17, 15) is 5.11 Å². The van der Waals surface area contributed by atoms with Gasteiger partial charge >= 0.3 is 0 Å². The molecule has 0 radical (unpaired) electrons. The summed E-state index contributed by atoms with van der Waals surface area (Å²) in [5, 5.41) is 9.71. The highest BCUT2D eigenvalue weighted by Crippen LogP contribution is 2.29. The van der Waals surface area contributed by atoms with Gasteiger partial charge in [-0.15, -0.1) is 0 Å². The first-order chi connectivity index (χ1) is 10.8. The van der Waals surface area contributed by atoms with Gasteiger partial charge < -0.3 is 9.84 Å². The molecule has 0 spiro atoms. The molecule has 2 aromatic carbocycles. The maximum absolute atomic E-state index is 9.71. The van der Waals surface area contributed by atoms with Crippen LogP contribution in [0.25, 0.3) is 0 Å². The molecule has 3 nitrogen and oxygen atoms in total. The van der Waals surface area contributed by atoms with Gasteiger partial charge in [0.25, 0.3) is 0 Å². The fourth-order valence-electron chi connectivity index (χ4n) is 2.95. The Morgan fingerprint density at radius 2 is 1.36 bits per heavy atom. The minimum Gasteiger partial charge on any atom is -0.396 e. The molecule has 3 rings (SSSR count). The summed E-state index contributed by atoms with van der Waals surface area (Å²) in [5.41, 5.74) is 2.50. The number of benzene rings is 2. The second kappa shape index (κ2) is 7.05. The van der Waals surface area contributed by atoms with Crippen molar-refractivity contribution in [3.63, 3.8) is 0 Å². The highest BCUT2D eigenvalue weighted by Gasteiger charge is 2.39. The van der Waals surface area contributed by atoms with Crippen LogP contribution in [0, 0.1) is 5.41 Å². The molecule has 1 aliphatic heterocycles. The van der Waals surface area contributed by atoms with Crippen molar-refractivity contribution >= 4 is 0 Å². The fraction of sp³-hybridized carbons (Fsp3) is 0.368. The number of aliphatic hydroxyl groups is 1. The Kier molecular flexibility index (Phi) is 4.88. The molecule has 1 heterocycles. The van der Waals surface area contributed by atoms with Gasteiger partial charge in [0, 0.05) is 19.6 Å². The van der Waals surface area contributed by atoms with Gasteiger partial charge in [0.2, 0.25) is 0 Å². The monoisotopic (exact) mass is 297 g/mol. The van der Waals surface area contributed by atoms with E-state index in [2.05, 4.69) is 53.4 Å². The number of ether oxygens (including phenoxy) is 1. The quantitative estimate of drug-likeness (QED) is 0.853. The van der Waals surface area contributed by atoms with Gasteiger partial charge in [-0.3, -0.25) is 4.90 Å². The largest absolute Gasteiger partial charge is 0.396 e. The fourth-order valence-corrected chi connectivity index (χ4v) is 2.95. The van der Waals surface area contributed by atoms with Crippen LogP contribution < -0.4 is 0 Å². The Hall–Kier alpha value is -1.68. The summed E-state index contributed by atoms with van der Waals surface area (Å²) in [4.78, 5) is 2.41. The summed E-state index contributed by atoms with van der Waals surface area (Å²) in [6.07, 6.45) is 0. The summed E-state index contributed by atoms with van der Waals surface area (Å²) in [7, 11) is 0. The third-order valence-corrected chi connectivity index (χ3v) is 4.21. The Morgan fingerprint density at radius 1 is 0.864 bits per heavy atom. The topological polar surface area (TPSA) is 32.7 Å². The second-order valence-electron chi connectivity index (χ2n) is 6.27. The molecule has 1 aliphatic rings. The number of hydrogen-bond acceptors (Lipinski definition) is 3. The van der Waals surface area contributed by atoms with E-state index in [4.69, 9.17) is 4.74 Å². The third-order valence-electron chi connectivity index (χ3n) is 4.21. The van der Waals surface area contributed by atoms with Crippen molar-refractivity contribution in [1.82, 2.24) is 4.90 Å². The molecule has 22 heavy (non-hydrogen) atoms. The maximum atomic E-state index is 9.71. The van der Waals surface area contributed by atoms with Crippen LogP contribution in [0.2, 0.25) is 0 Å². The minimum atomic E-state index is -0.0937. The van der Waals surface area contributed by atoms with Crippen molar-refractivity contribution in [3.05, 3.63) is 71.8 Å². The van der Waals surface area contributed by atoms with Crippen LogP contribution >= 0.6 is 0 Å². The van der Waals surface area contributed by atoms with E-state index in [1.54, 1.807) is 0 Å². The van der Waals surface area contributed by atoms with E-state index in [1.807, 2.05) is 12.1 Å². The van der Waals surface area contributed by atoms with Gasteiger partial charge in [-0.2, -0.15) is 0 Å². The predicted molar refractivity (Wildman–Crippen MR) is 87.3 cm³/mol. The molecular weight excluding hydrogens is 274 g/mol. The molecular formula is C19H23NO2. The molecule has 0 unspecified atom stereocenters. The molecule has 116 valence electrons. The predicted octanol–water partition coefficient (Wildman–Crippen LogP) is 2.70. The Morgan fingerprint density at radius 3 is 1.73 bits per heavy atom. The molecule has 0 saturated carbocycles. The Labute approximate surface area is 132 Å². The molecule has 0 atom stereocenters. The zero-order valence-corrected chi connectivity index (χ0v) is 12.8. The van der Waals surface area contributed by atoms with E-state index in [-0.39, 0.29) is 12.0 Å². The number of nitrogens with zero attached hydrogens (tertiary/aromatic N) is 1. The summed E-state index contributed by atoms with van der Waals surface area (Å²) in [6, 6.07) is 21.0. The highest BCUT2D eigenvalue weighted by atomic mass is 16.5. The van der Waals surface area contributed by atoms with Crippen LogP contribution in [-0.2, 0) is 17.8 Å². The van der Waals surface area contributed by atoms with Crippen molar-refractivity contribution in [3.8, 4) is 0 Å². The van der Waals surface area contributed by atoms with Gasteiger partial charge in [-0.1, -0.05) is 60.7 Å². The molecule has 0 aliphatic carbocycles. The molecule has 1 fully saturated rings. The average molecular weight is 297 g/mol. The van der Waals surface area contributed by atoms with Crippen LogP contribution in [0.15, 0.2) is 60.7 Å². The zero-order chi connectivity index (χ0) is 15.3. The SMILES string of the molecule is OCC1(CN(Cc2ccccc2)Cc2ccccc2)COC1. The molecule has 3 heteroatoms. The lowest BCUT2D eigenvalue weighted by Crippen LogP contribution is -2.53. The van der Waals surface area contributed by atoms with Gasteiger partial charge in [-0.25, -0.2) is 0 Å². The van der Waals surface area contributed by atoms with Gasteiger partial charge in [0.1, 0.15) is 0 Å². The Balaban J connectivity index is 1.72. The van der Waals surface area contributed by atoms with E-state index in [0.29, 0.717) is 13.2 Å². The normalized spacial score (nSPS) is 16.5. The first kappa shape index (κ1) is 15.2. The first-order valence-electron chi connectivity index (χ1n) is 7.78. The van der Waals surface area contributed by atoms with Gasteiger partial charge in [0.05, 0.1) is 25.2 Å². The number of hydrogen-bond donors (Lipinski definition) is 1. The minimum absolute atomic E-state index is 0.0937. The lowest BCUT2D eigenvalue weighted by atomic mass is 9.86. The molecule has 0 bridgehead atoms. The molecule has 2 aromatic rings. The molecule has 0 amide bonds. The smallest absolute Gasteiger partial charge is 0.0579 e. The van der Waals surface area contributed by atoms with E-state index >= 15 is 0 Å². The van der Waals surface area contributed by atoms with E-state index in [1.165, 1.54) is 11.1 Å². The third kappa shape index (κ3) is 3.74. The first-order valence-corrected chi connectivity index (χ1v) is 7.78. The average Bonchev–Trinajstić information content (AvgIpc) is 2.53. The lowest BCUT2D eigenvalue weighted by molar-refractivity contribution is -0.150. The standard InChI is InChI=1S/C19H23NO2/c21-14-19(15-22-16-19)13-20(11-17-7-3-1-4-8-17)12-18-9-5-2-6-10-18/h1-10,21H,11-16H2. The van der Waals surface area contributed by atoms with Crippen molar-refractivity contribution < 1.29 is 9.84 Å². The van der Waals surface area contributed by atoms with Gasteiger partial charge in [-0.05, 0) is 11.1 Å². The molecule has 1 N–H and O–H groups in total. The number of aliphatic hydroxyl groups excluding tert-OH is 1. The molecule has 1 saturated heterocycles. The second-order valence-corrected chi connectivity index (χ2v) is 6.27. The lowest BCUT2D eigenvalue weighted by Gasteiger charge is -2.43. The zero-order valence-electron chi connectivity index (χ0n) is 12.8. The summed E-state index contributed by atoms with van der Waals surface area (Å²) < 4.78 is 5.34. The van der Waals surface area contributed by atoms with Crippen molar-refractivity contribution in [2.24, 2.45) is 5.41 Å². The Bertz CT molecular complexity index is 519. The van der Waals surface area contributed by atoms with Crippen LogP contribution in [0.5, 0.6) is 0 Å². The highest BCUT2D eigenvalue weighted by molar-refractivity contribution is 5.17. The number of rotatable bonds is 7. The van der Waals surface area contributed by atoms with Crippen LogP contribution in [0.3, 0.4) is 0 Å². The van der Waals surface area contributed by atoms with Crippen molar-refractivity contribution in [1.29, 1.82) is 0 Å². The van der Waals surface area contributed by atoms with Crippen molar-refractivity contribution in [2.75, 3.05) is 26.4 Å². The van der Waals surface area contributed by atoms with Gasteiger partial charge in [0.15, 0.2) is 0 Å². The van der Waals surface area contributed by atoms with Crippen LogP contribution in [0.4, 0.5) is 0 Å². The van der Waals surface area contributed by atoms with Crippen molar-refractivity contribution in [2.45, 2.75) is 13.1 Å². The van der Waals surface area contributed by atoms with Crippen LogP contribution in [0.1, 0.15) is 11.1 Å². The maximum Gasteiger partial charge on any atom is 0.0579 e. The summed E-state index contributed by atoms with van der Waals surface area (Å²) in [6.45, 7) is 4.13.